The van der Waals surface area contributed by atoms with Gasteiger partial charge in [-0.05, 0) is 20.0 Å². The molecule has 0 saturated carbocycles. The molecule has 5 nitrogen and oxygen atoms in total. The van der Waals surface area contributed by atoms with E-state index < -0.39 is 0 Å². The van der Waals surface area contributed by atoms with E-state index in [4.69, 9.17) is 4.74 Å². The molecule has 0 bridgehead atoms. The summed E-state index contributed by atoms with van der Waals surface area (Å²) in [6, 6.07) is 3.92. The van der Waals surface area contributed by atoms with Gasteiger partial charge < -0.3 is 15.0 Å². The van der Waals surface area contributed by atoms with Crippen molar-refractivity contribution in [3.05, 3.63) is 18.3 Å². The fraction of sp³-hybridized carbons (Fsp3) is 0.643. The van der Waals surface area contributed by atoms with Crippen molar-refractivity contribution < 1.29 is 4.74 Å². The summed E-state index contributed by atoms with van der Waals surface area (Å²) < 4.78 is 5.32. The number of likely N-dealkylation sites (N-methyl/N-ethyl adjacent to an activating group) is 1. The highest BCUT2D eigenvalue weighted by molar-refractivity contribution is 5.41. The van der Waals surface area contributed by atoms with Crippen LogP contribution >= 0.6 is 0 Å². The number of anilines is 1. The average Bonchev–Trinajstić information content (AvgIpc) is 2.43. The lowest BCUT2D eigenvalue weighted by atomic mass is 10.3. The Balaban J connectivity index is 1.67. The number of rotatable bonds is 6. The molecule has 2 heterocycles. The fourth-order valence-electron chi connectivity index (χ4n) is 2.15. The highest BCUT2D eigenvalue weighted by atomic mass is 16.5. The minimum Gasteiger partial charge on any atom is -0.478 e. The standard InChI is InChI=1S/C14H24N4O/c1-3-19-14-5-4-13(12-16-14)15-6-7-18-10-8-17(2)9-11-18/h4-5,12,15H,3,6-11H2,1-2H3. The van der Waals surface area contributed by atoms with Crippen LogP contribution in [0.5, 0.6) is 5.88 Å². The normalized spacial score (nSPS) is 17.4. The Kier molecular flexibility index (Phi) is 5.42. The van der Waals surface area contributed by atoms with Crippen molar-refractivity contribution in [1.29, 1.82) is 0 Å². The molecule has 0 radical (unpaired) electrons. The fourth-order valence-corrected chi connectivity index (χ4v) is 2.15. The van der Waals surface area contributed by atoms with Crippen molar-refractivity contribution in [2.75, 3.05) is 58.2 Å². The molecule has 0 unspecified atom stereocenters. The maximum atomic E-state index is 5.32. The molecule has 0 aliphatic carbocycles. The van der Waals surface area contributed by atoms with E-state index in [1.54, 1.807) is 0 Å². The zero-order valence-corrected chi connectivity index (χ0v) is 11.9. The van der Waals surface area contributed by atoms with Crippen LogP contribution in [0.2, 0.25) is 0 Å². The molecule has 19 heavy (non-hydrogen) atoms. The second-order valence-corrected chi connectivity index (χ2v) is 4.89. The van der Waals surface area contributed by atoms with Gasteiger partial charge in [0.1, 0.15) is 0 Å². The number of hydrogen-bond acceptors (Lipinski definition) is 5. The second-order valence-electron chi connectivity index (χ2n) is 4.89. The largest absolute Gasteiger partial charge is 0.478 e. The summed E-state index contributed by atoms with van der Waals surface area (Å²) in [5.41, 5.74) is 1.05. The van der Waals surface area contributed by atoms with Crippen LogP contribution in [0.1, 0.15) is 6.92 Å². The van der Waals surface area contributed by atoms with Gasteiger partial charge in [-0.15, -0.1) is 0 Å². The molecule has 106 valence electrons. The third-order valence-corrected chi connectivity index (χ3v) is 3.38. The molecule has 1 aromatic heterocycles. The molecule has 0 atom stereocenters. The molecule has 0 spiro atoms. The van der Waals surface area contributed by atoms with Gasteiger partial charge in [0.15, 0.2) is 0 Å². The molecular weight excluding hydrogens is 240 g/mol. The number of piperazine rings is 1. The first-order valence-corrected chi connectivity index (χ1v) is 7.01. The zero-order valence-electron chi connectivity index (χ0n) is 11.9. The van der Waals surface area contributed by atoms with Crippen LogP contribution in [0.4, 0.5) is 5.69 Å². The van der Waals surface area contributed by atoms with Crippen LogP contribution in [0.3, 0.4) is 0 Å². The van der Waals surface area contributed by atoms with E-state index in [0.717, 1.165) is 18.8 Å². The van der Waals surface area contributed by atoms with E-state index in [2.05, 4.69) is 27.1 Å². The Morgan fingerprint density at radius 2 is 2.05 bits per heavy atom. The number of hydrogen-bond donors (Lipinski definition) is 1. The molecule has 1 fully saturated rings. The van der Waals surface area contributed by atoms with Gasteiger partial charge in [0, 0.05) is 45.3 Å². The highest BCUT2D eigenvalue weighted by Crippen LogP contribution is 2.11. The Labute approximate surface area is 115 Å². The minimum atomic E-state index is 0.656. The molecule has 1 aliphatic rings. The average molecular weight is 264 g/mol. The van der Waals surface area contributed by atoms with Gasteiger partial charge in [-0.2, -0.15) is 0 Å². The first-order valence-electron chi connectivity index (χ1n) is 7.01. The quantitative estimate of drug-likeness (QED) is 0.834. The topological polar surface area (TPSA) is 40.6 Å². The first kappa shape index (κ1) is 14.1. The summed E-state index contributed by atoms with van der Waals surface area (Å²) in [6.45, 7) is 9.34. The molecule has 1 N–H and O–H groups in total. The summed E-state index contributed by atoms with van der Waals surface area (Å²) in [5.74, 6) is 0.687. The molecule has 2 rings (SSSR count). The smallest absolute Gasteiger partial charge is 0.213 e. The molecule has 0 amide bonds. The van der Waals surface area contributed by atoms with Crippen LogP contribution < -0.4 is 10.1 Å². The monoisotopic (exact) mass is 264 g/mol. The predicted octanol–water partition coefficient (Wildman–Crippen LogP) is 1.14. The number of nitrogens with zero attached hydrogens (tertiary/aromatic N) is 3. The minimum absolute atomic E-state index is 0.656. The van der Waals surface area contributed by atoms with Crippen molar-refractivity contribution >= 4 is 5.69 Å². The number of ether oxygens (including phenoxy) is 1. The summed E-state index contributed by atoms with van der Waals surface area (Å²) in [5, 5.41) is 3.40. The lowest BCUT2D eigenvalue weighted by Gasteiger charge is -2.32. The van der Waals surface area contributed by atoms with Crippen molar-refractivity contribution in [2.24, 2.45) is 0 Å². The van der Waals surface area contributed by atoms with Crippen LogP contribution in [-0.4, -0.2) is 67.7 Å². The Bertz CT molecular complexity index is 360. The van der Waals surface area contributed by atoms with Gasteiger partial charge >= 0.3 is 0 Å². The lowest BCUT2D eigenvalue weighted by Crippen LogP contribution is -2.45. The van der Waals surface area contributed by atoms with Gasteiger partial charge in [-0.1, -0.05) is 0 Å². The summed E-state index contributed by atoms with van der Waals surface area (Å²) in [6.07, 6.45) is 1.83. The second kappa shape index (κ2) is 7.31. The third kappa shape index (κ3) is 4.69. The van der Waals surface area contributed by atoms with Gasteiger partial charge in [-0.25, -0.2) is 4.98 Å². The van der Waals surface area contributed by atoms with Gasteiger partial charge in [-0.3, -0.25) is 4.90 Å². The highest BCUT2D eigenvalue weighted by Gasteiger charge is 2.12. The van der Waals surface area contributed by atoms with Crippen molar-refractivity contribution in [3.63, 3.8) is 0 Å². The lowest BCUT2D eigenvalue weighted by molar-refractivity contribution is 0.158. The van der Waals surface area contributed by atoms with Crippen molar-refractivity contribution in [3.8, 4) is 5.88 Å². The number of aromatic nitrogens is 1. The Morgan fingerprint density at radius 1 is 1.26 bits per heavy atom. The van der Waals surface area contributed by atoms with Gasteiger partial charge in [0.25, 0.3) is 0 Å². The summed E-state index contributed by atoms with van der Waals surface area (Å²) in [4.78, 5) is 9.11. The van der Waals surface area contributed by atoms with E-state index in [0.29, 0.717) is 12.5 Å². The van der Waals surface area contributed by atoms with Crippen LogP contribution in [0.15, 0.2) is 18.3 Å². The van der Waals surface area contributed by atoms with E-state index >= 15 is 0 Å². The van der Waals surface area contributed by atoms with Gasteiger partial charge in [0.05, 0.1) is 18.5 Å². The SMILES string of the molecule is CCOc1ccc(NCCN2CCN(C)CC2)cn1. The molecule has 1 aliphatic heterocycles. The maximum absolute atomic E-state index is 5.32. The maximum Gasteiger partial charge on any atom is 0.213 e. The van der Waals surface area contributed by atoms with Crippen molar-refractivity contribution in [1.82, 2.24) is 14.8 Å². The summed E-state index contributed by atoms with van der Waals surface area (Å²) >= 11 is 0. The van der Waals surface area contributed by atoms with E-state index in [1.807, 2.05) is 25.3 Å². The molecular formula is C14H24N4O. The predicted molar refractivity (Wildman–Crippen MR) is 77.8 cm³/mol. The van der Waals surface area contributed by atoms with Crippen LogP contribution in [-0.2, 0) is 0 Å². The van der Waals surface area contributed by atoms with E-state index in [-0.39, 0.29) is 0 Å². The summed E-state index contributed by atoms with van der Waals surface area (Å²) in [7, 11) is 2.18. The molecule has 1 aromatic rings. The molecule has 0 aromatic carbocycles. The third-order valence-electron chi connectivity index (χ3n) is 3.38. The van der Waals surface area contributed by atoms with Crippen LogP contribution in [0, 0.1) is 0 Å². The first-order chi connectivity index (χ1) is 9.28. The Hall–Kier alpha value is -1.33. The number of nitrogens with one attached hydrogen (secondary N) is 1. The van der Waals surface area contributed by atoms with Crippen LogP contribution in [0.25, 0.3) is 0 Å². The van der Waals surface area contributed by atoms with Crippen molar-refractivity contribution in [2.45, 2.75) is 6.92 Å². The molecule has 1 saturated heterocycles. The van der Waals surface area contributed by atoms with Gasteiger partial charge in [0.2, 0.25) is 5.88 Å². The Morgan fingerprint density at radius 3 is 2.68 bits per heavy atom. The van der Waals surface area contributed by atoms with E-state index in [9.17, 15) is 0 Å². The number of pyridine rings is 1. The zero-order chi connectivity index (χ0) is 13.5. The molecule has 5 heteroatoms. The van der Waals surface area contributed by atoms with E-state index in [1.165, 1.54) is 26.2 Å².